The van der Waals surface area contributed by atoms with Crippen molar-refractivity contribution in [2.45, 2.75) is 55.1 Å². The standard InChI is InChI=1S/C11H26GeS/c1-5-12(6-2,7-3)10-9-11-13-8-4/h5-11H2,1-4H3/i9D. The van der Waals surface area contributed by atoms with Crippen molar-refractivity contribution in [1.82, 2.24) is 0 Å². The maximum atomic E-state index is 8.07. The van der Waals surface area contributed by atoms with Crippen LogP contribution in [0.4, 0.5) is 0 Å². The Kier molecular flexibility index (Phi) is 7.57. The Balaban J connectivity index is 4.01. The molecule has 0 aromatic heterocycles. The van der Waals surface area contributed by atoms with E-state index >= 15 is 0 Å². The summed E-state index contributed by atoms with van der Waals surface area (Å²) in [5.74, 6) is 2.23. The monoisotopic (exact) mass is 265 g/mol. The van der Waals surface area contributed by atoms with E-state index in [1.54, 1.807) is 0 Å². The van der Waals surface area contributed by atoms with Gasteiger partial charge in [0.1, 0.15) is 0 Å². The molecule has 0 saturated heterocycles. The molecule has 0 fully saturated rings. The summed E-state index contributed by atoms with van der Waals surface area (Å²) in [7, 11) is 0. The van der Waals surface area contributed by atoms with E-state index in [4.69, 9.17) is 1.37 Å². The van der Waals surface area contributed by atoms with Crippen molar-refractivity contribution < 1.29 is 1.37 Å². The Bertz CT molecular complexity index is 129. The van der Waals surface area contributed by atoms with Crippen LogP contribution >= 0.6 is 11.8 Å². The van der Waals surface area contributed by atoms with E-state index in [0.717, 1.165) is 5.75 Å². The summed E-state index contributed by atoms with van der Waals surface area (Å²) in [5, 5.41) is 5.52. The molecule has 0 aliphatic carbocycles. The molecule has 0 aliphatic heterocycles. The van der Waals surface area contributed by atoms with Crippen molar-refractivity contribution >= 4 is 25.0 Å². The first kappa shape index (κ1) is 12.0. The predicted molar refractivity (Wildman–Crippen MR) is 69.6 cm³/mol. The molecule has 2 heteroatoms. The molecule has 0 aromatic carbocycles. The third-order valence-electron chi connectivity index (χ3n) is 3.27. The molecule has 1 atom stereocenters. The van der Waals surface area contributed by atoms with Crippen molar-refractivity contribution in [3.63, 3.8) is 0 Å². The van der Waals surface area contributed by atoms with Crippen LogP contribution in [0.3, 0.4) is 0 Å². The summed E-state index contributed by atoms with van der Waals surface area (Å²) in [4.78, 5) is 0. The Morgan fingerprint density at radius 2 is 1.62 bits per heavy atom. The maximum absolute atomic E-state index is 8.07. The van der Waals surface area contributed by atoms with E-state index in [-0.39, 0.29) is 6.40 Å². The number of hydrogen-bond acceptors (Lipinski definition) is 1. The quantitative estimate of drug-likeness (QED) is 0.575. The summed E-state index contributed by atoms with van der Waals surface area (Å²) < 4.78 is 8.07. The number of thioether (sulfide) groups is 1. The van der Waals surface area contributed by atoms with Gasteiger partial charge in [0.2, 0.25) is 0 Å². The SMILES string of the molecule is [2H]C(CSCC)[CH2][Ge]([CH2]C)([CH2]C)[CH2]C. The van der Waals surface area contributed by atoms with Gasteiger partial charge in [0, 0.05) is 0 Å². The second-order valence-corrected chi connectivity index (χ2v) is 16.6. The van der Waals surface area contributed by atoms with Crippen molar-refractivity contribution in [2.24, 2.45) is 0 Å². The zero-order valence-corrected chi connectivity index (χ0v) is 12.6. The van der Waals surface area contributed by atoms with E-state index < -0.39 is 13.3 Å². The summed E-state index contributed by atoms with van der Waals surface area (Å²) in [6.07, 6.45) is 0.222. The predicted octanol–water partition coefficient (Wildman–Crippen LogP) is 4.64. The van der Waals surface area contributed by atoms with Crippen LogP contribution in [0.2, 0.25) is 21.0 Å². The van der Waals surface area contributed by atoms with Gasteiger partial charge in [-0.25, -0.2) is 0 Å². The normalized spacial score (nSPS) is 15.5. The van der Waals surface area contributed by atoms with E-state index in [1.807, 2.05) is 11.8 Å². The van der Waals surface area contributed by atoms with Gasteiger partial charge < -0.3 is 0 Å². The van der Waals surface area contributed by atoms with Gasteiger partial charge in [0.25, 0.3) is 0 Å². The van der Waals surface area contributed by atoms with Crippen LogP contribution in [0.5, 0.6) is 0 Å². The topological polar surface area (TPSA) is 0 Å². The van der Waals surface area contributed by atoms with Crippen LogP contribution in [0.15, 0.2) is 0 Å². The van der Waals surface area contributed by atoms with Crippen LogP contribution in [-0.4, -0.2) is 24.8 Å². The van der Waals surface area contributed by atoms with Crippen LogP contribution in [0, 0.1) is 0 Å². The average Bonchev–Trinajstić information content (AvgIpc) is 2.23. The van der Waals surface area contributed by atoms with Gasteiger partial charge in [-0.15, -0.1) is 0 Å². The second kappa shape index (κ2) is 8.22. The van der Waals surface area contributed by atoms with E-state index in [9.17, 15) is 0 Å². The molecule has 0 nitrogen and oxygen atoms in total. The van der Waals surface area contributed by atoms with Gasteiger partial charge in [-0.05, 0) is 0 Å². The zero-order chi connectivity index (χ0) is 11.0. The second-order valence-electron chi connectivity index (χ2n) is 3.71. The van der Waals surface area contributed by atoms with Crippen LogP contribution in [0.1, 0.15) is 35.5 Å². The van der Waals surface area contributed by atoms with E-state index in [0.29, 0.717) is 0 Å². The fraction of sp³-hybridized carbons (Fsp3) is 1.00. The molecule has 0 spiro atoms. The fourth-order valence-electron chi connectivity index (χ4n) is 1.75. The first-order valence-electron chi connectivity index (χ1n) is 6.21. The summed E-state index contributed by atoms with van der Waals surface area (Å²) in [5.41, 5.74) is 0. The minimum atomic E-state index is -1.55. The zero-order valence-electron chi connectivity index (χ0n) is 10.7. The van der Waals surface area contributed by atoms with Gasteiger partial charge in [0.05, 0.1) is 0 Å². The summed E-state index contributed by atoms with van der Waals surface area (Å²) in [6, 6.07) is 0. The van der Waals surface area contributed by atoms with Gasteiger partial charge in [-0.3, -0.25) is 0 Å². The van der Waals surface area contributed by atoms with Crippen LogP contribution in [0.25, 0.3) is 0 Å². The van der Waals surface area contributed by atoms with Crippen LogP contribution < -0.4 is 0 Å². The van der Waals surface area contributed by atoms with Crippen LogP contribution in [-0.2, 0) is 0 Å². The molecule has 0 saturated carbocycles. The van der Waals surface area contributed by atoms with Gasteiger partial charge in [0.15, 0.2) is 0 Å². The molecule has 0 bridgehead atoms. The molecule has 13 heavy (non-hydrogen) atoms. The van der Waals surface area contributed by atoms with Crippen molar-refractivity contribution in [3.05, 3.63) is 0 Å². The van der Waals surface area contributed by atoms with Gasteiger partial charge in [-0.2, -0.15) is 0 Å². The molecule has 0 N–H and O–H groups in total. The molecule has 0 amide bonds. The molecule has 80 valence electrons. The Hall–Kier alpha value is 0.893. The van der Waals surface area contributed by atoms with Gasteiger partial charge >= 0.3 is 93.0 Å². The molecular formula is C11H26GeS. The van der Waals surface area contributed by atoms with E-state index in [1.165, 1.54) is 26.8 Å². The molecule has 0 rings (SSSR count). The Morgan fingerprint density at radius 3 is 2.00 bits per heavy atom. The molecule has 0 aliphatic rings. The molecule has 0 radical (unpaired) electrons. The summed E-state index contributed by atoms with van der Waals surface area (Å²) in [6.45, 7) is 9.25. The molecule has 1 unspecified atom stereocenters. The van der Waals surface area contributed by atoms with Crippen molar-refractivity contribution in [2.75, 3.05) is 11.5 Å². The first-order valence-corrected chi connectivity index (χ1v) is 12.7. The third kappa shape index (κ3) is 5.36. The van der Waals surface area contributed by atoms with Crippen molar-refractivity contribution in [3.8, 4) is 0 Å². The van der Waals surface area contributed by atoms with Crippen molar-refractivity contribution in [1.29, 1.82) is 0 Å². The molecular weight excluding hydrogens is 237 g/mol. The third-order valence-corrected chi connectivity index (χ3v) is 16.0. The summed E-state index contributed by atoms with van der Waals surface area (Å²) >= 11 is 0.383. The number of hydrogen-bond donors (Lipinski definition) is 0. The van der Waals surface area contributed by atoms with E-state index in [2.05, 4.69) is 27.7 Å². The molecule has 0 heterocycles. The average molecular weight is 264 g/mol. The Labute approximate surface area is 93.0 Å². The Morgan fingerprint density at radius 1 is 1.08 bits per heavy atom. The number of rotatable bonds is 8. The fourth-order valence-corrected chi connectivity index (χ4v) is 9.26. The molecule has 0 aromatic rings. The first-order chi connectivity index (χ1) is 6.64. The van der Waals surface area contributed by atoms with Gasteiger partial charge in [-0.1, -0.05) is 0 Å². The minimum absolute atomic E-state index is 0.222.